The topological polar surface area (TPSA) is 46.1 Å². The monoisotopic (exact) mass is 468 g/mol. The molecule has 0 aliphatic heterocycles. The van der Waals surface area contributed by atoms with Crippen LogP contribution in [0.2, 0.25) is 0 Å². The van der Waals surface area contributed by atoms with Crippen LogP contribution in [0.5, 0.6) is 11.5 Å². The summed E-state index contributed by atoms with van der Waals surface area (Å²) >= 11 is 0. The van der Waals surface area contributed by atoms with E-state index in [0.29, 0.717) is 10.8 Å². The van der Waals surface area contributed by atoms with E-state index in [4.69, 9.17) is 0 Å². The molecule has 0 amide bonds. The maximum atomic E-state index is 11.0. The molecule has 0 unspecified atom stereocenters. The minimum Gasteiger partial charge on any atom is -0.872 e. The molecule has 0 bridgehead atoms. The van der Waals surface area contributed by atoms with Gasteiger partial charge in [-0.3, -0.25) is 0 Å². The molecule has 176 valence electrons. The Morgan fingerprint density at radius 3 is 0.903 bits per heavy atom. The molecular weight excluding hydrogens is 427 g/mol. The van der Waals surface area contributed by atoms with Crippen molar-refractivity contribution in [1.29, 1.82) is 0 Å². The first kappa shape index (κ1) is 29.5. The largest absolute Gasteiger partial charge is 2.00 e. The molecule has 0 atom stereocenters. The van der Waals surface area contributed by atoms with Crippen molar-refractivity contribution in [3.63, 3.8) is 0 Å². The Morgan fingerprint density at radius 2 is 0.710 bits per heavy atom. The van der Waals surface area contributed by atoms with E-state index < -0.39 is 0 Å². The summed E-state index contributed by atoms with van der Waals surface area (Å²) in [6.45, 7) is 22.4. The van der Waals surface area contributed by atoms with E-state index in [2.05, 4.69) is 69.2 Å². The van der Waals surface area contributed by atoms with E-state index in [-0.39, 0.29) is 38.8 Å². The van der Waals surface area contributed by atoms with Crippen molar-refractivity contribution >= 4 is 0 Å². The molecule has 0 saturated heterocycles. The van der Waals surface area contributed by atoms with Gasteiger partial charge in [-0.25, -0.2) is 0 Å². The standard InChI is InChI=1S/2C14H22O.Ni/c2*1-13(2,3)10-14(4,5)11-6-8-12(15)9-7-11;/h2*6-9,15H,10H2,1-5H3;/q;;+2/p-2. The van der Waals surface area contributed by atoms with Gasteiger partial charge in [-0.1, -0.05) is 118 Å². The molecule has 0 aliphatic carbocycles. The molecule has 2 rings (SSSR count). The summed E-state index contributed by atoms with van der Waals surface area (Å²) in [5.41, 5.74) is 3.37. The van der Waals surface area contributed by atoms with Gasteiger partial charge >= 0.3 is 16.5 Å². The van der Waals surface area contributed by atoms with E-state index in [1.54, 1.807) is 24.3 Å². The van der Waals surface area contributed by atoms with Crippen molar-refractivity contribution < 1.29 is 26.7 Å². The van der Waals surface area contributed by atoms with Gasteiger partial charge in [0.2, 0.25) is 0 Å². The third kappa shape index (κ3) is 11.1. The molecule has 0 spiro atoms. The van der Waals surface area contributed by atoms with Gasteiger partial charge in [0.25, 0.3) is 0 Å². The molecule has 31 heavy (non-hydrogen) atoms. The van der Waals surface area contributed by atoms with Gasteiger partial charge < -0.3 is 10.2 Å². The molecule has 0 aromatic heterocycles. The summed E-state index contributed by atoms with van der Waals surface area (Å²) in [5, 5.41) is 22.1. The van der Waals surface area contributed by atoms with Crippen molar-refractivity contribution in [3.8, 4) is 11.5 Å². The Hall–Kier alpha value is -1.47. The average Bonchev–Trinajstić information content (AvgIpc) is 2.52. The van der Waals surface area contributed by atoms with Crippen molar-refractivity contribution in [2.24, 2.45) is 10.8 Å². The Kier molecular flexibility index (Phi) is 10.4. The molecule has 2 nitrogen and oxygen atoms in total. The zero-order chi connectivity index (χ0) is 23.4. The molecule has 0 fully saturated rings. The van der Waals surface area contributed by atoms with Crippen molar-refractivity contribution in [2.75, 3.05) is 0 Å². The average molecular weight is 469 g/mol. The van der Waals surface area contributed by atoms with Gasteiger partial charge in [0, 0.05) is 0 Å². The van der Waals surface area contributed by atoms with Crippen LogP contribution in [0.1, 0.15) is 93.2 Å². The second-order valence-electron chi connectivity index (χ2n) is 12.3. The molecule has 0 saturated carbocycles. The SMILES string of the molecule is CC(C)(C)CC(C)(C)c1ccc([O-])cc1.CC(C)(C)CC(C)(C)c1ccc([O-])cc1.[Ni+2]. The first-order valence-electron chi connectivity index (χ1n) is 11.0. The summed E-state index contributed by atoms with van der Waals surface area (Å²) in [4.78, 5) is 0. The summed E-state index contributed by atoms with van der Waals surface area (Å²) < 4.78 is 0. The first-order valence-corrected chi connectivity index (χ1v) is 11.0. The predicted molar refractivity (Wildman–Crippen MR) is 126 cm³/mol. The van der Waals surface area contributed by atoms with Crippen LogP contribution >= 0.6 is 0 Å². The second kappa shape index (κ2) is 10.9. The Morgan fingerprint density at radius 1 is 0.484 bits per heavy atom. The minimum absolute atomic E-state index is 0. The molecule has 0 radical (unpaired) electrons. The van der Waals surface area contributed by atoms with E-state index in [0.717, 1.165) is 12.8 Å². The number of benzene rings is 2. The zero-order valence-corrected chi connectivity index (χ0v) is 22.2. The van der Waals surface area contributed by atoms with E-state index in [9.17, 15) is 10.2 Å². The van der Waals surface area contributed by atoms with Crippen LogP contribution in [0, 0.1) is 10.8 Å². The molecule has 2 aromatic carbocycles. The van der Waals surface area contributed by atoms with Crippen LogP contribution in [0.3, 0.4) is 0 Å². The Balaban J connectivity index is 0.000000562. The van der Waals surface area contributed by atoms with Crippen LogP contribution in [0.15, 0.2) is 48.5 Å². The van der Waals surface area contributed by atoms with Crippen LogP contribution in [0.25, 0.3) is 0 Å². The smallest absolute Gasteiger partial charge is 0.872 e. The molecule has 2 aromatic rings. The van der Waals surface area contributed by atoms with Crippen molar-refractivity contribution in [1.82, 2.24) is 0 Å². The molecule has 0 heterocycles. The minimum atomic E-state index is 0. The fourth-order valence-electron chi connectivity index (χ4n) is 4.67. The quantitative estimate of drug-likeness (QED) is 0.455. The van der Waals surface area contributed by atoms with Crippen molar-refractivity contribution in [3.05, 3.63) is 59.7 Å². The fourth-order valence-corrected chi connectivity index (χ4v) is 4.67. The van der Waals surface area contributed by atoms with Crippen LogP contribution in [0.4, 0.5) is 0 Å². The van der Waals surface area contributed by atoms with Gasteiger partial charge in [0.05, 0.1) is 0 Å². The summed E-state index contributed by atoms with van der Waals surface area (Å²) in [7, 11) is 0. The predicted octanol–water partition coefficient (Wildman–Crippen LogP) is 6.95. The van der Waals surface area contributed by atoms with Crippen LogP contribution in [-0.2, 0) is 27.3 Å². The fraction of sp³-hybridized carbons (Fsp3) is 0.571. The van der Waals surface area contributed by atoms with Crippen LogP contribution in [-0.4, -0.2) is 0 Å². The molecular formula is C28H42NiO2. The van der Waals surface area contributed by atoms with Gasteiger partial charge in [-0.15, -0.1) is 11.5 Å². The third-order valence-corrected chi connectivity index (χ3v) is 5.22. The van der Waals surface area contributed by atoms with E-state index >= 15 is 0 Å². The Bertz CT molecular complexity index is 704. The van der Waals surface area contributed by atoms with E-state index in [1.165, 1.54) is 11.1 Å². The molecule has 0 aliphatic rings. The number of hydrogen-bond donors (Lipinski definition) is 0. The normalized spacial score (nSPS) is 12.5. The maximum Gasteiger partial charge on any atom is 2.00 e. The van der Waals surface area contributed by atoms with Crippen LogP contribution < -0.4 is 10.2 Å². The second-order valence-corrected chi connectivity index (χ2v) is 12.3. The number of rotatable bonds is 4. The van der Waals surface area contributed by atoms with E-state index in [1.807, 2.05) is 24.3 Å². The molecule has 0 N–H and O–H groups in total. The summed E-state index contributed by atoms with van der Waals surface area (Å²) in [5.74, 6) is 0.176. The van der Waals surface area contributed by atoms with Gasteiger partial charge in [-0.2, -0.15) is 0 Å². The summed E-state index contributed by atoms with van der Waals surface area (Å²) in [6.07, 6.45) is 2.22. The van der Waals surface area contributed by atoms with Gasteiger partial charge in [-0.05, 0) is 45.6 Å². The maximum absolute atomic E-state index is 11.0. The summed E-state index contributed by atoms with van der Waals surface area (Å²) in [6, 6.07) is 14.4. The zero-order valence-electron chi connectivity index (χ0n) is 21.2. The van der Waals surface area contributed by atoms with Gasteiger partial charge in [0.15, 0.2) is 0 Å². The number of hydrogen-bond acceptors (Lipinski definition) is 2. The van der Waals surface area contributed by atoms with Crippen molar-refractivity contribution in [2.45, 2.75) is 92.9 Å². The first-order chi connectivity index (χ1) is 13.4. The Labute approximate surface area is 201 Å². The van der Waals surface area contributed by atoms with Gasteiger partial charge in [0.1, 0.15) is 0 Å². The molecule has 3 heteroatoms. The third-order valence-electron chi connectivity index (χ3n) is 5.22.